The van der Waals surface area contributed by atoms with Crippen LogP contribution in [0.25, 0.3) is 0 Å². The summed E-state index contributed by atoms with van der Waals surface area (Å²) in [5.41, 5.74) is 3.05. The Bertz CT molecular complexity index is 618. The molecule has 0 radical (unpaired) electrons. The molecule has 0 aliphatic heterocycles. The predicted molar refractivity (Wildman–Crippen MR) is 86.5 cm³/mol. The second kappa shape index (κ2) is 8.71. The maximum Gasteiger partial charge on any atom is 0.121 e. The molecule has 0 heterocycles. The van der Waals surface area contributed by atoms with Gasteiger partial charge in [-0.3, -0.25) is 0 Å². The molecule has 0 amide bonds. The molecule has 0 spiro atoms. The van der Waals surface area contributed by atoms with Crippen LogP contribution in [0.4, 0.5) is 5.69 Å². The van der Waals surface area contributed by atoms with Crippen LogP contribution in [-0.4, -0.2) is 11.7 Å². The number of hydrogen-bond acceptors (Lipinski definition) is 4. The van der Waals surface area contributed by atoms with Crippen LogP contribution in [-0.2, 0) is 13.2 Å². The van der Waals surface area contributed by atoms with Gasteiger partial charge in [0, 0.05) is 24.7 Å². The highest BCUT2D eigenvalue weighted by Gasteiger charge is 1.98. The zero-order valence-electron chi connectivity index (χ0n) is 12.5. The van der Waals surface area contributed by atoms with Crippen molar-refractivity contribution in [3.63, 3.8) is 0 Å². The molecule has 2 aromatic rings. The maximum atomic E-state index is 9.02. The zero-order chi connectivity index (χ0) is 15.6. The number of rotatable bonds is 8. The summed E-state index contributed by atoms with van der Waals surface area (Å²) in [7, 11) is 0. The molecule has 4 heteroatoms. The monoisotopic (exact) mass is 296 g/mol. The summed E-state index contributed by atoms with van der Waals surface area (Å²) in [4.78, 5) is 0. The zero-order valence-corrected chi connectivity index (χ0v) is 12.5. The van der Waals surface area contributed by atoms with Gasteiger partial charge < -0.3 is 15.2 Å². The Morgan fingerprint density at radius 2 is 1.86 bits per heavy atom. The number of anilines is 1. The van der Waals surface area contributed by atoms with E-state index in [0.29, 0.717) is 19.6 Å². The van der Waals surface area contributed by atoms with Crippen LogP contribution >= 0.6 is 0 Å². The van der Waals surface area contributed by atoms with Crippen molar-refractivity contribution in [2.75, 3.05) is 11.9 Å². The van der Waals surface area contributed by atoms with Gasteiger partial charge in [-0.1, -0.05) is 30.3 Å². The molecule has 2 aromatic carbocycles. The van der Waals surface area contributed by atoms with Gasteiger partial charge >= 0.3 is 0 Å². The molecule has 0 fully saturated rings. The van der Waals surface area contributed by atoms with E-state index in [1.807, 2.05) is 48.5 Å². The van der Waals surface area contributed by atoms with Crippen molar-refractivity contribution >= 4 is 5.69 Å². The highest BCUT2D eigenvalue weighted by molar-refractivity contribution is 5.48. The Morgan fingerprint density at radius 1 is 1.09 bits per heavy atom. The molecule has 0 aliphatic carbocycles. The van der Waals surface area contributed by atoms with Crippen LogP contribution in [0, 0.1) is 11.3 Å². The number of hydrogen-bond donors (Lipinski definition) is 2. The number of nitrogens with one attached hydrogen (secondary N) is 1. The minimum Gasteiger partial charge on any atom is -0.493 e. The second-order valence-corrected chi connectivity index (χ2v) is 4.97. The van der Waals surface area contributed by atoms with Crippen molar-refractivity contribution in [1.29, 1.82) is 5.26 Å². The number of unbranched alkanes of at least 4 members (excludes halogenated alkanes) is 1. The second-order valence-electron chi connectivity index (χ2n) is 4.97. The van der Waals surface area contributed by atoms with Crippen LogP contribution in [0.15, 0.2) is 48.5 Å². The van der Waals surface area contributed by atoms with E-state index in [0.717, 1.165) is 29.0 Å². The third-order valence-corrected chi connectivity index (χ3v) is 3.24. The highest BCUT2D eigenvalue weighted by Crippen LogP contribution is 2.18. The van der Waals surface area contributed by atoms with Gasteiger partial charge in [-0.05, 0) is 29.7 Å². The Morgan fingerprint density at radius 3 is 2.59 bits per heavy atom. The van der Waals surface area contributed by atoms with Gasteiger partial charge in [0.2, 0.25) is 0 Å². The van der Waals surface area contributed by atoms with Crippen LogP contribution < -0.4 is 10.1 Å². The van der Waals surface area contributed by atoms with E-state index in [-0.39, 0.29) is 6.61 Å². The topological polar surface area (TPSA) is 65.3 Å². The minimum absolute atomic E-state index is 0.0683. The minimum atomic E-state index is 0.0683. The summed E-state index contributed by atoms with van der Waals surface area (Å²) in [6.07, 6.45) is 1.26. The number of nitriles is 1. The molecule has 0 saturated carbocycles. The van der Waals surface area contributed by atoms with Crippen molar-refractivity contribution in [1.82, 2.24) is 0 Å². The van der Waals surface area contributed by atoms with Gasteiger partial charge in [0.05, 0.1) is 19.3 Å². The van der Waals surface area contributed by atoms with E-state index in [1.165, 1.54) is 0 Å². The van der Waals surface area contributed by atoms with Crippen molar-refractivity contribution < 1.29 is 9.84 Å². The summed E-state index contributed by atoms with van der Waals surface area (Å²) < 4.78 is 5.61. The van der Waals surface area contributed by atoms with Gasteiger partial charge in [-0.25, -0.2) is 0 Å². The number of nitrogens with zero attached hydrogens (tertiary/aromatic N) is 1. The van der Waals surface area contributed by atoms with Crippen LogP contribution in [0.3, 0.4) is 0 Å². The molecule has 114 valence electrons. The molecule has 2 N–H and O–H groups in total. The van der Waals surface area contributed by atoms with E-state index >= 15 is 0 Å². The quantitative estimate of drug-likeness (QED) is 0.732. The van der Waals surface area contributed by atoms with Gasteiger partial charge in [0.25, 0.3) is 0 Å². The first-order chi connectivity index (χ1) is 10.8. The average Bonchev–Trinajstić information content (AvgIpc) is 2.58. The summed E-state index contributed by atoms with van der Waals surface area (Å²) in [6.45, 7) is 1.34. The van der Waals surface area contributed by atoms with Crippen molar-refractivity contribution in [2.24, 2.45) is 0 Å². The van der Waals surface area contributed by atoms with Crippen LogP contribution in [0.5, 0.6) is 5.75 Å². The molecule has 4 nitrogen and oxygen atoms in total. The standard InChI is InChI=1S/C18H20N2O2/c19-10-1-2-11-22-18-5-3-4-17(12-18)20-13-15-6-8-16(14-21)9-7-15/h3-9,12,20-21H,1-2,11,13-14H2. The van der Waals surface area contributed by atoms with Gasteiger partial charge in [-0.15, -0.1) is 0 Å². The number of ether oxygens (including phenoxy) is 1. The fourth-order valence-corrected chi connectivity index (χ4v) is 2.00. The Labute approximate surface area is 131 Å². The number of benzene rings is 2. The van der Waals surface area contributed by atoms with Crippen molar-refractivity contribution in [3.8, 4) is 11.8 Å². The Hall–Kier alpha value is -2.51. The Kier molecular flexibility index (Phi) is 6.28. The van der Waals surface area contributed by atoms with E-state index < -0.39 is 0 Å². The molecule has 0 aliphatic rings. The van der Waals surface area contributed by atoms with Crippen LogP contribution in [0.1, 0.15) is 24.0 Å². The normalized spacial score (nSPS) is 10.0. The van der Waals surface area contributed by atoms with Crippen molar-refractivity contribution in [2.45, 2.75) is 26.0 Å². The molecule has 0 unspecified atom stereocenters. The summed E-state index contributed by atoms with van der Waals surface area (Å²) in [5, 5.41) is 20.9. The lowest BCUT2D eigenvalue weighted by Gasteiger charge is -2.10. The fraction of sp³-hybridized carbons (Fsp3) is 0.278. The van der Waals surface area contributed by atoms with Gasteiger partial charge in [-0.2, -0.15) is 5.26 Å². The molecule has 22 heavy (non-hydrogen) atoms. The molecular weight excluding hydrogens is 276 g/mol. The summed E-state index contributed by atoms with van der Waals surface area (Å²) in [5.74, 6) is 0.804. The third-order valence-electron chi connectivity index (χ3n) is 3.24. The number of aliphatic hydroxyl groups excluding tert-OH is 1. The van der Waals surface area contributed by atoms with Crippen molar-refractivity contribution in [3.05, 3.63) is 59.7 Å². The largest absolute Gasteiger partial charge is 0.493 e. The lowest BCUT2D eigenvalue weighted by Crippen LogP contribution is -2.01. The van der Waals surface area contributed by atoms with E-state index in [9.17, 15) is 0 Å². The first-order valence-electron chi connectivity index (χ1n) is 7.34. The Balaban J connectivity index is 1.85. The van der Waals surface area contributed by atoms with E-state index in [1.54, 1.807) is 0 Å². The molecule has 0 aromatic heterocycles. The first-order valence-corrected chi connectivity index (χ1v) is 7.34. The molecule has 0 bridgehead atoms. The lowest BCUT2D eigenvalue weighted by atomic mass is 10.1. The third kappa shape index (κ3) is 5.12. The molecule has 0 atom stereocenters. The molecule has 2 rings (SSSR count). The fourth-order valence-electron chi connectivity index (χ4n) is 2.00. The molecule has 0 saturated heterocycles. The average molecular weight is 296 g/mol. The smallest absolute Gasteiger partial charge is 0.121 e. The first kappa shape index (κ1) is 15.9. The van der Waals surface area contributed by atoms with Gasteiger partial charge in [0.1, 0.15) is 5.75 Å². The molecular formula is C18H20N2O2. The highest BCUT2D eigenvalue weighted by atomic mass is 16.5. The predicted octanol–water partition coefficient (Wildman–Crippen LogP) is 3.47. The van der Waals surface area contributed by atoms with Crippen LogP contribution in [0.2, 0.25) is 0 Å². The number of aliphatic hydroxyl groups is 1. The summed E-state index contributed by atoms with van der Waals surface area (Å²) in [6, 6.07) is 17.7. The van der Waals surface area contributed by atoms with E-state index in [2.05, 4.69) is 11.4 Å². The SMILES string of the molecule is N#CCCCOc1cccc(NCc2ccc(CO)cc2)c1. The maximum absolute atomic E-state index is 9.02. The van der Waals surface area contributed by atoms with E-state index in [4.69, 9.17) is 15.1 Å². The summed E-state index contributed by atoms with van der Waals surface area (Å²) >= 11 is 0. The van der Waals surface area contributed by atoms with Gasteiger partial charge in [0.15, 0.2) is 0 Å². The lowest BCUT2D eigenvalue weighted by molar-refractivity contribution is 0.282.